The van der Waals surface area contributed by atoms with Gasteiger partial charge >= 0.3 is 0 Å². The minimum atomic E-state index is -5.01. The molecular weight excluding hydrogens is 566 g/mol. The molecule has 40 heavy (non-hydrogen) atoms. The predicted molar refractivity (Wildman–Crippen MR) is 141 cm³/mol. The van der Waals surface area contributed by atoms with Crippen molar-refractivity contribution in [3.63, 3.8) is 0 Å². The molecule has 0 fully saturated rings. The van der Waals surface area contributed by atoms with Crippen molar-refractivity contribution in [1.82, 2.24) is 0 Å². The van der Waals surface area contributed by atoms with Crippen LogP contribution in [0, 0.1) is 20.2 Å². The van der Waals surface area contributed by atoms with Crippen LogP contribution in [0.3, 0.4) is 0 Å². The van der Waals surface area contributed by atoms with E-state index >= 15 is 0 Å². The molecule has 13 nitrogen and oxygen atoms in total. The highest BCUT2D eigenvalue weighted by atomic mass is 32.2. The quantitative estimate of drug-likeness (QED) is 0.162. The van der Waals surface area contributed by atoms with Crippen molar-refractivity contribution >= 4 is 48.7 Å². The second-order valence-corrected chi connectivity index (χ2v) is 11.7. The van der Waals surface area contributed by atoms with Crippen LogP contribution in [-0.4, -0.2) is 37.0 Å². The van der Waals surface area contributed by atoms with Crippen LogP contribution in [0.25, 0.3) is 11.1 Å². The zero-order chi connectivity index (χ0) is 29.0. The molecule has 0 radical (unpaired) electrons. The number of rotatable bonds is 7. The summed E-state index contributed by atoms with van der Waals surface area (Å²) in [5.41, 5.74) is -3.82. The number of benzene rings is 4. The van der Waals surface area contributed by atoms with E-state index < -0.39 is 79.2 Å². The molecule has 4 aromatic carbocycles. The summed E-state index contributed by atoms with van der Waals surface area (Å²) >= 11 is 0. The van der Waals surface area contributed by atoms with Gasteiger partial charge in [0, 0.05) is 23.3 Å². The second kappa shape index (κ2) is 9.33. The normalized spacial score (nSPS) is 12.5. The van der Waals surface area contributed by atoms with Gasteiger partial charge in [-0.05, 0) is 36.4 Å². The fourth-order valence-electron chi connectivity index (χ4n) is 4.48. The van der Waals surface area contributed by atoms with Gasteiger partial charge in [-0.15, -0.1) is 0 Å². The molecule has 4 aromatic rings. The SMILES string of the molecule is O=C1c2cc(S(=O)(=O)O)cc([N+](=O)[O-])c2-c2c1cc(S(=O)(=O)N(c1ccccc1)c1ccccc1)cc2[N+](=O)[O-]. The topological polar surface area (TPSA) is 195 Å². The summed E-state index contributed by atoms with van der Waals surface area (Å²) in [6.45, 7) is 0. The van der Waals surface area contributed by atoms with Crippen LogP contribution in [0.1, 0.15) is 15.9 Å². The largest absolute Gasteiger partial charge is 0.294 e. The Morgan fingerprint density at radius 2 is 1.05 bits per heavy atom. The van der Waals surface area contributed by atoms with Gasteiger partial charge in [-0.25, -0.2) is 12.7 Å². The maximum atomic E-state index is 14.0. The number of hydrogen-bond acceptors (Lipinski definition) is 9. The third-order valence-corrected chi connectivity index (χ3v) is 8.70. The van der Waals surface area contributed by atoms with E-state index in [1.165, 1.54) is 24.3 Å². The fraction of sp³-hybridized carbons (Fsp3) is 0. The van der Waals surface area contributed by atoms with Gasteiger partial charge in [-0.1, -0.05) is 36.4 Å². The maximum Gasteiger partial charge on any atom is 0.294 e. The third kappa shape index (κ3) is 4.27. The summed E-state index contributed by atoms with van der Waals surface area (Å²) in [6, 6.07) is 18.3. The van der Waals surface area contributed by atoms with Crippen LogP contribution in [0.2, 0.25) is 0 Å². The molecule has 0 atom stereocenters. The Hall–Kier alpha value is -4.99. The molecular formula is C25H15N3O10S2. The van der Waals surface area contributed by atoms with Crippen molar-refractivity contribution in [2.45, 2.75) is 9.79 Å². The van der Waals surface area contributed by atoms with Crippen molar-refractivity contribution in [1.29, 1.82) is 0 Å². The van der Waals surface area contributed by atoms with Gasteiger partial charge in [0.25, 0.3) is 31.5 Å². The molecule has 0 unspecified atom stereocenters. The van der Waals surface area contributed by atoms with E-state index in [0.29, 0.717) is 18.2 Å². The first-order chi connectivity index (χ1) is 18.8. The second-order valence-electron chi connectivity index (χ2n) is 8.49. The number of nitro groups is 2. The summed E-state index contributed by atoms with van der Waals surface area (Å²) in [5, 5.41) is 24.0. The molecule has 0 bridgehead atoms. The Labute approximate surface area is 226 Å². The molecule has 5 rings (SSSR count). The van der Waals surface area contributed by atoms with Crippen molar-refractivity contribution in [3.05, 3.63) is 116 Å². The summed E-state index contributed by atoms with van der Waals surface area (Å²) in [6.07, 6.45) is 0. The van der Waals surface area contributed by atoms with Gasteiger partial charge < -0.3 is 0 Å². The molecule has 1 aliphatic carbocycles. The number of hydrogen-bond donors (Lipinski definition) is 1. The van der Waals surface area contributed by atoms with E-state index in [1.807, 2.05) is 0 Å². The lowest BCUT2D eigenvalue weighted by Gasteiger charge is -2.24. The van der Waals surface area contributed by atoms with E-state index in [9.17, 15) is 46.4 Å². The molecule has 0 aromatic heterocycles. The van der Waals surface area contributed by atoms with Crippen LogP contribution < -0.4 is 4.31 Å². The summed E-state index contributed by atoms with van der Waals surface area (Å²) < 4.78 is 61.8. The molecule has 0 amide bonds. The van der Waals surface area contributed by atoms with Crippen LogP contribution in [0.5, 0.6) is 0 Å². The minimum absolute atomic E-state index is 0.180. The van der Waals surface area contributed by atoms with Gasteiger partial charge in [-0.3, -0.25) is 29.6 Å². The first-order valence-corrected chi connectivity index (χ1v) is 14.0. The Kier molecular flexibility index (Phi) is 6.21. The predicted octanol–water partition coefficient (Wildman–Crippen LogP) is 4.49. The van der Waals surface area contributed by atoms with Gasteiger partial charge in [0.2, 0.25) is 0 Å². The summed E-state index contributed by atoms with van der Waals surface area (Å²) in [4.78, 5) is 33.7. The van der Waals surface area contributed by atoms with Gasteiger partial charge in [0.15, 0.2) is 5.78 Å². The van der Waals surface area contributed by atoms with E-state index in [2.05, 4.69) is 0 Å². The van der Waals surface area contributed by atoms with E-state index in [-0.39, 0.29) is 11.4 Å². The molecule has 0 aliphatic heterocycles. The zero-order valence-corrected chi connectivity index (χ0v) is 21.5. The number of para-hydroxylation sites is 2. The number of nitrogens with zero attached hydrogens (tertiary/aromatic N) is 3. The molecule has 15 heteroatoms. The average molecular weight is 582 g/mol. The fourth-order valence-corrected chi connectivity index (χ4v) is 6.54. The van der Waals surface area contributed by atoms with Gasteiger partial charge in [0.1, 0.15) is 4.90 Å². The Morgan fingerprint density at radius 1 is 0.650 bits per heavy atom. The van der Waals surface area contributed by atoms with Crippen molar-refractivity contribution < 1.29 is 36.0 Å². The number of ketones is 1. The third-order valence-electron chi connectivity index (χ3n) is 6.13. The van der Waals surface area contributed by atoms with Crippen molar-refractivity contribution in [3.8, 4) is 11.1 Å². The number of anilines is 2. The Balaban J connectivity index is 1.81. The summed E-state index contributed by atoms with van der Waals surface area (Å²) in [7, 11) is -9.66. The van der Waals surface area contributed by atoms with Crippen LogP contribution in [0.4, 0.5) is 22.7 Å². The lowest BCUT2D eigenvalue weighted by atomic mass is 10.0. The summed E-state index contributed by atoms with van der Waals surface area (Å²) in [5.74, 6) is -1.09. The molecule has 0 spiro atoms. The maximum absolute atomic E-state index is 14.0. The molecule has 0 saturated heterocycles. The molecule has 0 saturated carbocycles. The first-order valence-electron chi connectivity index (χ1n) is 11.1. The molecule has 1 N–H and O–H groups in total. The lowest BCUT2D eigenvalue weighted by molar-refractivity contribution is -0.386. The van der Waals surface area contributed by atoms with Gasteiger partial charge in [-0.2, -0.15) is 8.42 Å². The Bertz CT molecular complexity index is 1920. The Morgan fingerprint density at radius 3 is 1.45 bits per heavy atom. The molecule has 202 valence electrons. The lowest BCUT2D eigenvalue weighted by Crippen LogP contribution is -2.26. The number of sulfonamides is 1. The highest BCUT2D eigenvalue weighted by Crippen LogP contribution is 2.49. The molecule has 1 aliphatic rings. The molecule has 0 heterocycles. The van der Waals surface area contributed by atoms with Gasteiger partial charge in [0.05, 0.1) is 37.2 Å². The smallest absolute Gasteiger partial charge is 0.289 e. The number of carbonyl (C=O) groups excluding carboxylic acids is 1. The number of carbonyl (C=O) groups is 1. The van der Waals surface area contributed by atoms with Crippen LogP contribution in [-0.2, 0) is 20.1 Å². The highest BCUT2D eigenvalue weighted by molar-refractivity contribution is 7.93. The van der Waals surface area contributed by atoms with Crippen molar-refractivity contribution in [2.24, 2.45) is 0 Å². The van der Waals surface area contributed by atoms with E-state index in [4.69, 9.17) is 0 Å². The monoisotopic (exact) mass is 581 g/mol. The van der Waals surface area contributed by atoms with E-state index in [1.54, 1.807) is 36.4 Å². The number of fused-ring (bicyclic) bond motifs is 3. The number of nitro benzene ring substituents is 2. The van der Waals surface area contributed by atoms with E-state index in [0.717, 1.165) is 10.4 Å². The van der Waals surface area contributed by atoms with Crippen molar-refractivity contribution in [2.75, 3.05) is 4.31 Å². The average Bonchev–Trinajstić information content (AvgIpc) is 3.20. The van der Waals surface area contributed by atoms with Crippen LogP contribution in [0.15, 0.2) is 94.7 Å². The standard InChI is InChI=1S/C25H15N3O10S2/c29-25-19-11-17(39(34,35)26(15-7-3-1-4-8-15)16-9-5-2-6-10-16)13-21(27(30)31)23(19)24-20(25)12-18(40(36,37)38)14-22(24)28(32)33/h1-14H,(H,36,37,38). The first kappa shape index (κ1) is 26.6. The highest BCUT2D eigenvalue weighted by Gasteiger charge is 2.42. The zero-order valence-electron chi connectivity index (χ0n) is 19.9. The van der Waals surface area contributed by atoms with Crippen LogP contribution >= 0.6 is 0 Å². The minimum Gasteiger partial charge on any atom is -0.289 e.